The number of halogens is 2. The number of hydrogen-bond acceptors (Lipinski definition) is 5. The van der Waals surface area contributed by atoms with E-state index >= 15 is 0 Å². The Morgan fingerprint density at radius 2 is 1.76 bits per heavy atom. The van der Waals surface area contributed by atoms with Crippen molar-refractivity contribution in [2.45, 2.75) is 26.7 Å². The molecule has 0 saturated heterocycles. The fourth-order valence-electron chi connectivity index (χ4n) is 1.72. The normalized spacial score (nSPS) is 11.0. The van der Waals surface area contributed by atoms with E-state index in [2.05, 4.69) is 24.0 Å². The predicted octanol–water partition coefficient (Wildman–Crippen LogP) is -0.817. The summed E-state index contributed by atoms with van der Waals surface area (Å²) in [6.07, 6.45) is 4.52. The molecular formula is C13H15Cl2NO4S. The lowest BCUT2D eigenvalue weighted by Crippen LogP contribution is -2.68. The molecule has 1 heterocycles. The van der Waals surface area contributed by atoms with Crippen molar-refractivity contribution in [2.24, 2.45) is 0 Å². The summed E-state index contributed by atoms with van der Waals surface area (Å²) < 4.78 is 36.1. The van der Waals surface area contributed by atoms with E-state index in [1.165, 1.54) is 16.9 Å². The molecule has 0 bridgehead atoms. The van der Waals surface area contributed by atoms with E-state index in [1.54, 1.807) is 11.5 Å². The van der Waals surface area contributed by atoms with Crippen molar-refractivity contribution in [1.29, 1.82) is 0 Å². The van der Waals surface area contributed by atoms with E-state index in [9.17, 15) is 0 Å². The van der Waals surface area contributed by atoms with E-state index in [4.69, 9.17) is 30.2 Å². The van der Waals surface area contributed by atoms with Gasteiger partial charge < -0.3 is 0 Å². The van der Waals surface area contributed by atoms with Crippen LogP contribution in [0.25, 0.3) is 5.69 Å². The molecule has 0 fully saturated rings. The highest BCUT2D eigenvalue weighted by molar-refractivity contribution is 7.02. The summed E-state index contributed by atoms with van der Waals surface area (Å²) in [4.78, 5) is 1.38. The summed E-state index contributed by atoms with van der Waals surface area (Å²) in [6.45, 7) is 4.37. The highest BCUT2D eigenvalue weighted by atomic mass is 35.7. The third kappa shape index (κ3) is 6.71. The van der Waals surface area contributed by atoms with E-state index in [1.807, 2.05) is 24.3 Å². The Bertz CT molecular complexity index is 578. The van der Waals surface area contributed by atoms with Gasteiger partial charge in [0.2, 0.25) is 5.69 Å². The first-order valence-electron chi connectivity index (χ1n) is 6.10. The van der Waals surface area contributed by atoms with Gasteiger partial charge in [-0.2, -0.15) is 0 Å². The zero-order chi connectivity index (χ0) is 16.0. The molecule has 0 aliphatic heterocycles. The Kier molecular flexibility index (Phi) is 7.02. The number of nitrogens with zero attached hydrogens (tertiary/aromatic N) is 1. The quantitative estimate of drug-likeness (QED) is 0.675. The van der Waals surface area contributed by atoms with Gasteiger partial charge in [0, 0.05) is 11.6 Å². The average Bonchev–Trinajstić information content (AvgIpc) is 2.70. The molecule has 0 atom stereocenters. The minimum absolute atomic E-state index is 0.803. The molecule has 21 heavy (non-hydrogen) atoms. The monoisotopic (exact) mass is 351 g/mol. The molecule has 0 aliphatic rings. The molecular weight excluding hydrogens is 337 g/mol. The third-order valence-electron chi connectivity index (χ3n) is 2.57. The van der Waals surface area contributed by atoms with Crippen LogP contribution in [0.1, 0.15) is 23.8 Å². The topological polar surface area (TPSA) is 96.1 Å². The number of para-hydroxylation sites is 1. The first-order chi connectivity index (χ1) is 9.72. The van der Waals surface area contributed by atoms with Crippen LogP contribution in [0.4, 0.5) is 0 Å². The van der Waals surface area contributed by atoms with E-state index in [0.29, 0.717) is 0 Å². The van der Waals surface area contributed by atoms with Crippen LogP contribution in [0.2, 0.25) is 5.02 Å². The van der Waals surface area contributed by atoms with Gasteiger partial charge in [0.05, 0.1) is 4.88 Å². The molecule has 2 rings (SSSR count). The number of hydrogen-bond donors (Lipinski definition) is 0. The first-order valence-corrected chi connectivity index (χ1v) is 8.49. The number of aryl methyl sites for hydroxylation is 2. The minimum Gasteiger partial charge on any atom is -0.222 e. The van der Waals surface area contributed by atoms with Crippen molar-refractivity contribution in [3.05, 3.63) is 45.9 Å². The van der Waals surface area contributed by atoms with Gasteiger partial charge in [-0.3, -0.25) is 0 Å². The van der Waals surface area contributed by atoms with Crippen LogP contribution in [-0.4, -0.2) is 0 Å². The highest BCUT2D eigenvalue weighted by Crippen LogP contribution is 2.19. The highest BCUT2D eigenvalue weighted by Gasteiger charge is 2.17. The SMILES string of the molecule is CCCc1c[n+](-c2ccccc2Cl)sc1C.[O-][Cl+3]([O-])([O-])[O-]. The van der Waals surface area contributed by atoms with Crippen molar-refractivity contribution >= 4 is 23.1 Å². The smallest absolute Gasteiger partial charge is 0.222 e. The van der Waals surface area contributed by atoms with Crippen molar-refractivity contribution in [3.8, 4) is 5.69 Å². The molecule has 0 saturated carbocycles. The lowest BCUT2D eigenvalue weighted by atomic mass is 10.2. The van der Waals surface area contributed by atoms with Crippen LogP contribution in [0.15, 0.2) is 30.5 Å². The van der Waals surface area contributed by atoms with Gasteiger partial charge in [-0.1, -0.05) is 37.1 Å². The Morgan fingerprint density at radius 1 is 1.19 bits per heavy atom. The Balaban J connectivity index is 0.000000383. The van der Waals surface area contributed by atoms with Crippen molar-refractivity contribution in [1.82, 2.24) is 0 Å². The van der Waals surface area contributed by atoms with Crippen LogP contribution < -0.4 is 22.6 Å². The van der Waals surface area contributed by atoms with E-state index < -0.39 is 10.2 Å². The first kappa shape index (κ1) is 18.3. The van der Waals surface area contributed by atoms with Crippen LogP contribution >= 0.6 is 23.1 Å². The second-order valence-electron chi connectivity index (χ2n) is 4.21. The summed E-state index contributed by atoms with van der Waals surface area (Å²) in [5.41, 5.74) is 2.49. The Morgan fingerprint density at radius 3 is 2.29 bits per heavy atom. The molecule has 0 radical (unpaired) electrons. The fraction of sp³-hybridized carbons (Fsp3) is 0.308. The molecule has 0 spiro atoms. The van der Waals surface area contributed by atoms with Gasteiger partial charge >= 0.3 is 0 Å². The number of rotatable bonds is 3. The van der Waals surface area contributed by atoms with Gasteiger partial charge in [-0.25, -0.2) is 18.6 Å². The molecule has 1 aromatic carbocycles. The number of aromatic nitrogens is 1. The summed E-state index contributed by atoms with van der Waals surface area (Å²) >= 11 is 7.94. The van der Waals surface area contributed by atoms with E-state index in [-0.39, 0.29) is 0 Å². The Hall–Kier alpha value is -0.730. The predicted molar refractivity (Wildman–Crippen MR) is 69.6 cm³/mol. The van der Waals surface area contributed by atoms with Crippen molar-refractivity contribution < 1.29 is 32.8 Å². The molecule has 0 unspecified atom stereocenters. The minimum atomic E-state index is -4.94. The van der Waals surface area contributed by atoms with Crippen molar-refractivity contribution in [2.75, 3.05) is 0 Å². The largest absolute Gasteiger partial charge is 0.243 e. The standard InChI is InChI=1S/C13H15ClNS.ClHO4/c1-3-6-11-9-15(16-10(11)2)13-8-5-4-7-12(13)14;2-1(3,4)5/h4-5,7-9H,3,6H2,1-2H3;(H,2,3,4,5)/q+1;/p-1. The van der Waals surface area contributed by atoms with Gasteiger partial charge in [-0.05, 0) is 19.4 Å². The van der Waals surface area contributed by atoms with Crippen molar-refractivity contribution in [3.63, 3.8) is 0 Å². The van der Waals surface area contributed by atoms with Gasteiger partial charge in [-0.15, -0.1) is 14.2 Å². The molecule has 0 N–H and O–H groups in total. The average molecular weight is 352 g/mol. The van der Waals surface area contributed by atoms with Crippen LogP contribution in [0.5, 0.6) is 0 Å². The lowest BCUT2D eigenvalue weighted by molar-refractivity contribution is -2.00. The van der Waals surface area contributed by atoms with Crippen LogP contribution in [0.3, 0.4) is 0 Å². The summed E-state index contributed by atoms with van der Waals surface area (Å²) in [5, 5.41) is 0.803. The summed E-state index contributed by atoms with van der Waals surface area (Å²) in [5.74, 6) is 0. The fourth-order valence-corrected chi connectivity index (χ4v) is 3.01. The summed E-state index contributed by atoms with van der Waals surface area (Å²) in [6, 6.07) is 7.95. The maximum absolute atomic E-state index is 8.49. The maximum atomic E-state index is 8.49. The molecule has 8 heteroatoms. The third-order valence-corrected chi connectivity index (χ3v) is 3.92. The summed E-state index contributed by atoms with van der Waals surface area (Å²) in [7, 11) is -4.94. The lowest BCUT2D eigenvalue weighted by Gasteiger charge is -2.17. The molecule has 5 nitrogen and oxygen atoms in total. The molecule has 0 aliphatic carbocycles. The van der Waals surface area contributed by atoms with E-state index in [0.717, 1.165) is 17.1 Å². The van der Waals surface area contributed by atoms with Gasteiger partial charge in [0.1, 0.15) is 16.6 Å². The maximum Gasteiger partial charge on any atom is 0.243 e. The van der Waals surface area contributed by atoms with Crippen LogP contribution in [0, 0.1) is 17.2 Å². The Labute approximate surface area is 134 Å². The molecule has 116 valence electrons. The van der Waals surface area contributed by atoms with Gasteiger partial charge in [0.25, 0.3) is 0 Å². The molecule has 2 aromatic rings. The molecule has 1 aromatic heterocycles. The van der Waals surface area contributed by atoms with Gasteiger partial charge in [0.15, 0.2) is 6.20 Å². The second kappa shape index (κ2) is 8.05. The zero-order valence-corrected chi connectivity index (χ0v) is 13.9. The second-order valence-corrected chi connectivity index (χ2v) is 6.56. The number of benzene rings is 1. The van der Waals surface area contributed by atoms with Crippen LogP contribution in [-0.2, 0) is 6.42 Å². The zero-order valence-electron chi connectivity index (χ0n) is 11.5. The molecule has 0 amide bonds.